The Hall–Kier alpha value is -3.02. The van der Waals surface area contributed by atoms with Gasteiger partial charge in [-0.25, -0.2) is 4.98 Å². The summed E-state index contributed by atoms with van der Waals surface area (Å²) in [7, 11) is 0. The Morgan fingerprint density at radius 1 is 0.929 bits per heavy atom. The van der Waals surface area contributed by atoms with Gasteiger partial charge in [-0.2, -0.15) is 13.2 Å². The lowest BCUT2D eigenvalue weighted by atomic mass is 9.99. The number of anilines is 1. The molecule has 1 fully saturated rings. The number of benzene rings is 2. The summed E-state index contributed by atoms with van der Waals surface area (Å²) in [6, 6.07) is 20.3. The van der Waals surface area contributed by atoms with Gasteiger partial charge in [-0.15, -0.1) is 0 Å². The molecule has 28 heavy (non-hydrogen) atoms. The molecule has 2 aromatic carbocycles. The largest absolute Gasteiger partial charge is 0.456 e. The predicted molar refractivity (Wildman–Crippen MR) is 102 cm³/mol. The molecular weight excluding hydrogens is 365 g/mol. The monoisotopic (exact) mass is 384 g/mol. The van der Waals surface area contributed by atoms with Crippen LogP contribution in [0.2, 0.25) is 0 Å². The number of ether oxygens (including phenoxy) is 1. The van der Waals surface area contributed by atoms with E-state index in [4.69, 9.17) is 4.74 Å². The fourth-order valence-electron chi connectivity index (χ4n) is 3.48. The summed E-state index contributed by atoms with van der Waals surface area (Å²) in [5.74, 6) is 1.33. The number of alkyl halides is 3. The van der Waals surface area contributed by atoms with Crippen LogP contribution < -0.4 is 9.64 Å². The molecule has 3 nitrogen and oxygen atoms in total. The lowest BCUT2D eigenvalue weighted by molar-refractivity contribution is -0.141. The highest BCUT2D eigenvalue weighted by Gasteiger charge is 2.32. The highest BCUT2D eigenvalue weighted by Crippen LogP contribution is 2.33. The Bertz CT molecular complexity index is 927. The molecule has 0 aliphatic carbocycles. The van der Waals surface area contributed by atoms with Gasteiger partial charge >= 0.3 is 6.18 Å². The standard InChI is InChI=1S/C22H19F3N2O/c23-22(24,25)21-10-9-20(14-26-21)28-19-8-4-7-18(13-19)27-12-11-17(15-27)16-5-2-1-3-6-16/h1-10,13-14,17H,11-12,15H2. The molecule has 1 aromatic heterocycles. The van der Waals surface area contributed by atoms with Gasteiger partial charge < -0.3 is 9.64 Å². The van der Waals surface area contributed by atoms with Gasteiger partial charge in [0.2, 0.25) is 0 Å². The van der Waals surface area contributed by atoms with E-state index in [9.17, 15) is 13.2 Å². The van der Waals surface area contributed by atoms with Gasteiger partial charge in [-0.1, -0.05) is 36.4 Å². The smallest absolute Gasteiger partial charge is 0.433 e. The zero-order valence-electron chi connectivity index (χ0n) is 15.1. The van der Waals surface area contributed by atoms with E-state index in [1.807, 2.05) is 24.3 Å². The molecule has 0 spiro atoms. The van der Waals surface area contributed by atoms with Crippen LogP contribution in [0.5, 0.6) is 11.5 Å². The third-order valence-electron chi connectivity index (χ3n) is 4.90. The van der Waals surface area contributed by atoms with Gasteiger partial charge in [-0.3, -0.25) is 0 Å². The van der Waals surface area contributed by atoms with Crippen molar-refractivity contribution < 1.29 is 17.9 Å². The Labute approximate surface area is 161 Å². The Morgan fingerprint density at radius 2 is 1.75 bits per heavy atom. The summed E-state index contributed by atoms with van der Waals surface area (Å²) in [6.45, 7) is 1.88. The average molecular weight is 384 g/mol. The van der Waals surface area contributed by atoms with E-state index in [0.717, 1.165) is 37.5 Å². The minimum atomic E-state index is -4.45. The summed E-state index contributed by atoms with van der Waals surface area (Å²) < 4.78 is 43.6. The maximum atomic E-state index is 12.6. The predicted octanol–water partition coefficient (Wildman–Crippen LogP) is 5.89. The van der Waals surface area contributed by atoms with E-state index >= 15 is 0 Å². The van der Waals surface area contributed by atoms with E-state index in [0.29, 0.717) is 11.7 Å². The second-order valence-electron chi connectivity index (χ2n) is 6.82. The highest BCUT2D eigenvalue weighted by atomic mass is 19.4. The Balaban J connectivity index is 1.45. The van der Waals surface area contributed by atoms with Crippen LogP contribution in [-0.4, -0.2) is 18.1 Å². The summed E-state index contributed by atoms with van der Waals surface area (Å²) in [5, 5.41) is 0. The fraction of sp³-hybridized carbons (Fsp3) is 0.227. The van der Waals surface area contributed by atoms with Crippen LogP contribution >= 0.6 is 0 Å². The first-order valence-corrected chi connectivity index (χ1v) is 9.10. The average Bonchev–Trinajstić information content (AvgIpc) is 3.19. The van der Waals surface area contributed by atoms with Gasteiger partial charge in [0.05, 0.1) is 6.20 Å². The van der Waals surface area contributed by atoms with Crippen LogP contribution in [0.15, 0.2) is 72.9 Å². The summed E-state index contributed by atoms with van der Waals surface area (Å²) in [6.07, 6.45) is -2.28. The van der Waals surface area contributed by atoms with Crippen molar-refractivity contribution in [2.75, 3.05) is 18.0 Å². The summed E-state index contributed by atoms with van der Waals surface area (Å²) in [4.78, 5) is 5.73. The second kappa shape index (κ2) is 7.54. The van der Waals surface area contributed by atoms with Gasteiger partial charge in [0.15, 0.2) is 0 Å². The molecule has 1 aliphatic rings. The lowest BCUT2D eigenvalue weighted by Gasteiger charge is -2.20. The molecule has 6 heteroatoms. The first-order valence-electron chi connectivity index (χ1n) is 9.10. The third kappa shape index (κ3) is 4.11. The molecule has 1 unspecified atom stereocenters. The van der Waals surface area contributed by atoms with Gasteiger partial charge in [0.1, 0.15) is 17.2 Å². The van der Waals surface area contributed by atoms with E-state index in [-0.39, 0.29) is 5.75 Å². The highest BCUT2D eigenvalue weighted by molar-refractivity contribution is 5.53. The normalized spacial score (nSPS) is 17.0. The van der Waals surface area contributed by atoms with E-state index in [1.165, 1.54) is 11.6 Å². The van der Waals surface area contributed by atoms with Gasteiger partial charge in [0, 0.05) is 30.8 Å². The number of aromatic nitrogens is 1. The SMILES string of the molecule is FC(F)(F)c1ccc(Oc2cccc(N3CCC(c4ccccc4)C3)c2)cn1. The van der Waals surface area contributed by atoms with E-state index in [2.05, 4.69) is 34.1 Å². The quantitative estimate of drug-likeness (QED) is 0.561. The number of nitrogens with zero attached hydrogens (tertiary/aromatic N) is 2. The number of halogens is 3. The van der Waals surface area contributed by atoms with Gasteiger partial charge in [0.25, 0.3) is 0 Å². The fourth-order valence-corrected chi connectivity index (χ4v) is 3.48. The number of rotatable bonds is 4. The summed E-state index contributed by atoms with van der Waals surface area (Å²) >= 11 is 0. The van der Waals surface area contributed by atoms with Crippen molar-refractivity contribution in [3.8, 4) is 11.5 Å². The van der Waals surface area contributed by atoms with Crippen molar-refractivity contribution in [1.29, 1.82) is 0 Å². The molecule has 0 bridgehead atoms. The van der Waals surface area contributed by atoms with Crippen LogP contribution in [0.1, 0.15) is 23.6 Å². The molecular formula is C22H19F3N2O. The second-order valence-corrected chi connectivity index (χ2v) is 6.82. The van der Waals surface area contributed by atoms with E-state index < -0.39 is 11.9 Å². The zero-order valence-corrected chi connectivity index (χ0v) is 15.1. The molecule has 0 N–H and O–H groups in total. The first-order chi connectivity index (χ1) is 13.5. The van der Waals surface area contributed by atoms with E-state index in [1.54, 1.807) is 6.07 Å². The molecule has 1 atom stereocenters. The minimum Gasteiger partial charge on any atom is -0.456 e. The number of hydrogen-bond acceptors (Lipinski definition) is 3. The van der Waals surface area contributed by atoms with Crippen LogP contribution in [0.25, 0.3) is 0 Å². The molecule has 0 radical (unpaired) electrons. The maximum absolute atomic E-state index is 12.6. The van der Waals surface area contributed by atoms with Crippen LogP contribution in [0.3, 0.4) is 0 Å². The molecule has 2 heterocycles. The third-order valence-corrected chi connectivity index (χ3v) is 4.90. The zero-order chi connectivity index (χ0) is 19.6. The molecule has 1 saturated heterocycles. The first kappa shape index (κ1) is 18.3. The van der Waals surface area contributed by atoms with Crippen LogP contribution in [-0.2, 0) is 6.18 Å². The van der Waals surface area contributed by atoms with Crippen molar-refractivity contribution in [3.63, 3.8) is 0 Å². The van der Waals surface area contributed by atoms with Crippen molar-refractivity contribution in [3.05, 3.63) is 84.2 Å². The minimum absolute atomic E-state index is 0.272. The van der Waals surface area contributed by atoms with Crippen LogP contribution in [0.4, 0.5) is 18.9 Å². The van der Waals surface area contributed by atoms with Crippen molar-refractivity contribution >= 4 is 5.69 Å². The molecule has 0 saturated carbocycles. The topological polar surface area (TPSA) is 25.4 Å². The molecule has 0 amide bonds. The maximum Gasteiger partial charge on any atom is 0.433 e. The molecule has 144 valence electrons. The molecule has 4 rings (SSSR count). The van der Waals surface area contributed by atoms with Crippen molar-refractivity contribution in [1.82, 2.24) is 4.98 Å². The molecule has 1 aliphatic heterocycles. The molecule has 3 aromatic rings. The van der Waals surface area contributed by atoms with Crippen molar-refractivity contribution in [2.45, 2.75) is 18.5 Å². The van der Waals surface area contributed by atoms with Crippen LogP contribution in [0, 0.1) is 0 Å². The Morgan fingerprint density at radius 3 is 2.46 bits per heavy atom. The summed E-state index contributed by atoms with van der Waals surface area (Å²) in [5.41, 5.74) is 1.45. The number of hydrogen-bond donors (Lipinski definition) is 0. The lowest BCUT2D eigenvalue weighted by Crippen LogP contribution is -2.19. The number of pyridine rings is 1. The van der Waals surface area contributed by atoms with Crippen molar-refractivity contribution in [2.24, 2.45) is 0 Å². The van der Waals surface area contributed by atoms with Gasteiger partial charge in [-0.05, 0) is 36.2 Å². The Kier molecular flexibility index (Phi) is 4.94.